The van der Waals surface area contributed by atoms with Crippen molar-refractivity contribution in [1.82, 2.24) is 0 Å². The maximum Gasteiger partial charge on any atom is 0.328 e. The van der Waals surface area contributed by atoms with Crippen molar-refractivity contribution in [1.29, 1.82) is 0 Å². The van der Waals surface area contributed by atoms with Crippen LogP contribution >= 0.6 is 0 Å². The standard InChI is InChI=1S/C19H14O2/c20-19(21)13-18(15-7-2-1-3-8-15)17-11-10-14-6-4-5-9-16(14)12-17/h1-13H,(H,20,21)/b18-13-. The molecule has 0 heterocycles. The molecule has 0 aromatic heterocycles. The summed E-state index contributed by atoms with van der Waals surface area (Å²) >= 11 is 0. The number of aliphatic carboxylic acids is 1. The van der Waals surface area contributed by atoms with E-state index in [2.05, 4.69) is 0 Å². The molecule has 0 aliphatic rings. The molecule has 0 amide bonds. The monoisotopic (exact) mass is 274 g/mol. The molecule has 3 aromatic rings. The lowest BCUT2D eigenvalue weighted by Crippen LogP contribution is -1.94. The SMILES string of the molecule is O=C(O)/C=C(/c1ccccc1)c1ccc2ccccc2c1. The second-order valence-electron chi connectivity index (χ2n) is 4.82. The van der Waals surface area contributed by atoms with Gasteiger partial charge in [0.1, 0.15) is 0 Å². The molecule has 0 radical (unpaired) electrons. The average Bonchev–Trinajstić information content (AvgIpc) is 2.53. The molecule has 0 unspecified atom stereocenters. The van der Waals surface area contributed by atoms with Gasteiger partial charge in [-0.25, -0.2) is 4.79 Å². The van der Waals surface area contributed by atoms with E-state index in [1.165, 1.54) is 6.08 Å². The number of hydrogen-bond acceptors (Lipinski definition) is 1. The van der Waals surface area contributed by atoms with E-state index in [0.717, 1.165) is 21.9 Å². The van der Waals surface area contributed by atoms with Crippen LogP contribution in [0.25, 0.3) is 16.3 Å². The number of fused-ring (bicyclic) bond motifs is 1. The molecule has 0 spiro atoms. The molecule has 0 saturated heterocycles. The Labute approximate surface area is 123 Å². The molecule has 0 aliphatic heterocycles. The lowest BCUT2D eigenvalue weighted by atomic mass is 9.95. The highest BCUT2D eigenvalue weighted by molar-refractivity contribution is 5.97. The maximum atomic E-state index is 11.1. The molecule has 0 saturated carbocycles. The summed E-state index contributed by atoms with van der Waals surface area (Å²) in [4.78, 5) is 11.1. The Hall–Kier alpha value is -2.87. The summed E-state index contributed by atoms with van der Waals surface area (Å²) in [7, 11) is 0. The number of carboxylic acids is 1. The molecule has 0 bridgehead atoms. The van der Waals surface area contributed by atoms with E-state index in [9.17, 15) is 4.79 Å². The maximum absolute atomic E-state index is 11.1. The molecule has 102 valence electrons. The fourth-order valence-corrected chi connectivity index (χ4v) is 2.43. The number of benzene rings is 3. The molecule has 21 heavy (non-hydrogen) atoms. The molecule has 0 atom stereocenters. The fourth-order valence-electron chi connectivity index (χ4n) is 2.43. The first-order valence-corrected chi connectivity index (χ1v) is 6.73. The van der Waals surface area contributed by atoms with Gasteiger partial charge in [0.15, 0.2) is 0 Å². The topological polar surface area (TPSA) is 37.3 Å². The van der Waals surface area contributed by atoms with Gasteiger partial charge >= 0.3 is 5.97 Å². The van der Waals surface area contributed by atoms with Crippen molar-refractivity contribution < 1.29 is 9.90 Å². The van der Waals surface area contributed by atoms with Gasteiger partial charge in [0.25, 0.3) is 0 Å². The van der Waals surface area contributed by atoms with Gasteiger partial charge in [0.05, 0.1) is 0 Å². The highest BCUT2D eigenvalue weighted by atomic mass is 16.4. The van der Waals surface area contributed by atoms with E-state index in [-0.39, 0.29) is 0 Å². The van der Waals surface area contributed by atoms with E-state index in [4.69, 9.17) is 5.11 Å². The first kappa shape index (κ1) is 13.1. The van der Waals surface area contributed by atoms with Crippen LogP contribution in [0.5, 0.6) is 0 Å². The second-order valence-corrected chi connectivity index (χ2v) is 4.82. The lowest BCUT2D eigenvalue weighted by molar-refractivity contribution is -0.131. The third-order valence-corrected chi connectivity index (χ3v) is 3.41. The number of carbonyl (C=O) groups is 1. The van der Waals surface area contributed by atoms with Gasteiger partial charge in [0.2, 0.25) is 0 Å². The van der Waals surface area contributed by atoms with Gasteiger partial charge in [-0.3, -0.25) is 0 Å². The van der Waals surface area contributed by atoms with E-state index in [1.807, 2.05) is 72.8 Å². The quantitative estimate of drug-likeness (QED) is 0.721. The zero-order chi connectivity index (χ0) is 14.7. The van der Waals surface area contributed by atoms with Crippen LogP contribution in [0.3, 0.4) is 0 Å². The summed E-state index contributed by atoms with van der Waals surface area (Å²) in [5, 5.41) is 11.4. The second kappa shape index (κ2) is 5.63. The Bertz CT molecular complexity index is 817. The van der Waals surface area contributed by atoms with Gasteiger partial charge in [-0.2, -0.15) is 0 Å². The molecule has 3 aromatic carbocycles. The van der Waals surface area contributed by atoms with E-state index in [1.54, 1.807) is 0 Å². The van der Waals surface area contributed by atoms with Crippen LogP contribution in [-0.4, -0.2) is 11.1 Å². The zero-order valence-corrected chi connectivity index (χ0v) is 11.4. The normalized spacial score (nSPS) is 11.5. The van der Waals surface area contributed by atoms with Crippen LogP contribution < -0.4 is 0 Å². The molecule has 2 nitrogen and oxygen atoms in total. The van der Waals surface area contributed by atoms with Crippen LogP contribution in [0.4, 0.5) is 0 Å². The number of rotatable bonds is 3. The van der Waals surface area contributed by atoms with Crippen molar-refractivity contribution in [2.24, 2.45) is 0 Å². The molecular formula is C19H14O2. The lowest BCUT2D eigenvalue weighted by Gasteiger charge is -2.09. The highest BCUT2D eigenvalue weighted by Crippen LogP contribution is 2.26. The van der Waals surface area contributed by atoms with Gasteiger partial charge in [0, 0.05) is 6.08 Å². The Morgan fingerprint density at radius 2 is 1.43 bits per heavy atom. The van der Waals surface area contributed by atoms with Gasteiger partial charge in [-0.15, -0.1) is 0 Å². The highest BCUT2D eigenvalue weighted by Gasteiger charge is 2.07. The van der Waals surface area contributed by atoms with Crippen LogP contribution in [0, 0.1) is 0 Å². The minimum absolute atomic E-state index is 0.717. The summed E-state index contributed by atoms with van der Waals surface area (Å²) in [6.07, 6.45) is 1.26. The summed E-state index contributed by atoms with van der Waals surface area (Å²) in [5.41, 5.74) is 2.52. The van der Waals surface area contributed by atoms with Crippen LogP contribution in [-0.2, 0) is 4.79 Å². The van der Waals surface area contributed by atoms with Crippen molar-refractivity contribution in [3.05, 3.63) is 90.0 Å². The fraction of sp³-hybridized carbons (Fsp3) is 0. The molecule has 2 heteroatoms. The van der Waals surface area contributed by atoms with Crippen LogP contribution in [0.15, 0.2) is 78.9 Å². The van der Waals surface area contributed by atoms with Crippen molar-refractivity contribution in [3.63, 3.8) is 0 Å². The van der Waals surface area contributed by atoms with Crippen molar-refractivity contribution in [2.45, 2.75) is 0 Å². The van der Waals surface area contributed by atoms with Gasteiger partial charge in [-0.1, -0.05) is 66.7 Å². The predicted octanol–water partition coefficient (Wildman–Crippen LogP) is 4.36. The Morgan fingerprint density at radius 1 is 0.762 bits per heavy atom. The van der Waals surface area contributed by atoms with E-state index in [0.29, 0.717) is 5.57 Å². The number of carboxylic acid groups (broad SMARTS) is 1. The Kier molecular flexibility index (Phi) is 3.52. The summed E-state index contributed by atoms with van der Waals surface area (Å²) < 4.78 is 0. The average molecular weight is 274 g/mol. The third-order valence-electron chi connectivity index (χ3n) is 3.41. The predicted molar refractivity (Wildman–Crippen MR) is 85.1 cm³/mol. The zero-order valence-electron chi connectivity index (χ0n) is 11.4. The van der Waals surface area contributed by atoms with Crippen molar-refractivity contribution in [3.8, 4) is 0 Å². The summed E-state index contributed by atoms with van der Waals surface area (Å²) in [6.45, 7) is 0. The Morgan fingerprint density at radius 3 is 2.14 bits per heavy atom. The van der Waals surface area contributed by atoms with Crippen LogP contribution in [0.1, 0.15) is 11.1 Å². The molecular weight excluding hydrogens is 260 g/mol. The van der Waals surface area contributed by atoms with E-state index >= 15 is 0 Å². The first-order chi connectivity index (χ1) is 10.2. The minimum Gasteiger partial charge on any atom is -0.478 e. The summed E-state index contributed by atoms with van der Waals surface area (Å²) in [6, 6.07) is 23.6. The largest absolute Gasteiger partial charge is 0.478 e. The number of hydrogen-bond donors (Lipinski definition) is 1. The summed E-state index contributed by atoms with van der Waals surface area (Å²) in [5.74, 6) is -0.943. The molecule has 0 fully saturated rings. The van der Waals surface area contributed by atoms with Crippen LogP contribution in [0.2, 0.25) is 0 Å². The van der Waals surface area contributed by atoms with Crippen molar-refractivity contribution >= 4 is 22.3 Å². The van der Waals surface area contributed by atoms with E-state index < -0.39 is 5.97 Å². The molecule has 3 rings (SSSR count). The smallest absolute Gasteiger partial charge is 0.328 e. The minimum atomic E-state index is -0.943. The molecule has 0 aliphatic carbocycles. The first-order valence-electron chi connectivity index (χ1n) is 6.73. The van der Waals surface area contributed by atoms with Crippen molar-refractivity contribution in [2.75, 3.05) is 0 Å². The van der Waals surface area contributed by atoms with Gasteiger partial charge in [-0.05, 0) is 33.5 Å². The van der Waals surface area contributed by atoms with Gasteiger partial charge < -0.3 is 5.11 Å². The Balaban J connectivity index is 2.17. The molecule has 1 N–H and O–H groups in total. The third kappa shape index (κ3) is 2.84.